The highest BCUT2D eigenvalue weighted by atomic mass is 32.2. The normalized spacial score (nSPS) is 11.1. The number of aryl methyl sites for hydroxylation is 2. The molecule has 0 aliphatic rings. The molecule has 0 saturated carbocycles. The molecule has 0 saturated heterocycles. The molecule has 0 aliphatic carbocycles. The Bertz CT molecular complexity index is 442. The van der Waals surface area contributed by atoms with Crippen molar-refractivity contribution in [1.82, 2.24) is 0 Å². The predicted molar refractivity (Wildman–Crippen MR) is 64.6 cm³/mol. The number of hydrogen-bond acceptors (Lipinski definition) is 3. The Morgan fingerprint density at radius 1 is 1.28 bits per heavy atom. The van der Waals surface area contributed by atoms with Gasteiger partial charge in [-0.25, -0.2) is 0 Å². The van der Waals surface area contributed by atoms with Gasteiger partial charge in [-0.3, -0.25) is 0 Å². The number of rotatable bonds is 4. The van der Waals surface area contributed by atoms with Crippen LogP contribution in [0.15, 0.2) is 12.1 Å². The molecule has 0 fully saturated rings. The Morgan fingerprint density at radius 3 is 2.28 bits per heavy atom. The van der Waals surface area contributed by atoms with Crippen molar-refractivity contribution in [2.75, 3.05) is 12.4 Å². The van der Waals surface area contributed by atoms with E-state index in [9.17, 15) is 13.2 Å². The number of benzene rings is 1. The molecule has 1 aromatic rings. The van der Waals surface area contributed by atoms with Crippen molar-refractivity contribution in [2.24, 2.45) is 0 Å². The Morgan fingerprint density at radius 2 is 1.83 bits per heavy atom. The van der Waals surface area contributed by atoms with Crippen molar-refractivity contribution in [3.05, 3.63) is 28.8 Å². The van der Waals surface area contributed by atoms with Crippen molar-refractivity contribution >= 4 is 11.8 Å². The molecule has 98 valence electrons. The summed E-state index contributed by atoms with van der Waals surface area (Å²) in [6, 6.07) is 5.32. The topological polar surface area (TPSA) is 33.0 Å². The van der Waals surface area contributed by atoms with Gasteiger partial charge in [0.15, 0.2) is 0 Å². The van der Waals surface area contributed by atoms with Gasteiger partial charge in [0.1, 0.15) is 5.75 Å². The Hall–Kier alpha value is -1.35. The van der Waals surface area contributed by atoms with Crippen molar-refractivity contribution in [3.63, 3.8) is 0 Å². The van der Waals surface area contributed by atoms with E-state index in [-0.39, 0.29) is 24.1 Å². The van der Waals surface area contributed by atoms with Crippen LogP contribution in [0, 0.1) is 25.2 Å². The van der Waals surface area contributed by atoms with Gasteiger partial charge >= 0.3 is 5.51 Å². The number of thioether (sulfide) groups is 1. The second-order valence-electron chi connectivity index (χ2n) is 3.69. The van der Waals surface area contributed by atoms with E-state index in [2.05, 4.69) is 0 Å². The van der Waals surface area contributed by atoms with Crippen LogP contribution in [0.25, 0.3) is 0 Å². The summed E-state index contributed by atoms with van der Waals surface area (Å²) in [6.45, 7) is 3.51. The average Bonchev–Trinajstić information content (AvgIpc) is 2.25. The van der Waals surface area contributed by atoms with Crippen molar-refractivity contribution in [3.8, 4) is 11.8 Å². The van der Waals surface area contributed by atoms with E-state index in [1.54, 1.807) is 26.0 Å². The lowest BCUT2D eigenvalue weighted by atomic mass is 10.1. The Balaban J connectivity index is 2.61. The summed E-state index contributed by atoms with van der Waals surface area (Å²) in [4.78, 5) is 0. The summed E-state index contributed by atoms with van der Waals surface area (Å²) in [7, 11) is 0. The van der Waals surface area contributed by atoms with E-state index in [4.69, 9.17) is 10.00 Å². The Labute approximate surface area is 108 Å². The molecule has 0 bridgehead atoms. The van der Waals surface area contributed by atoms with E-state index in [1.165, 1.54) is 0 Å². The van der Waals surface area contributed by atoms with Gasteiger partial charge in [0.2, 0.25) is 0 Å². The third-order valence-corrected chi connectivity index (χ3v) is 2.88. The van der Waals surface area contributed by atoms with Gasteiger partial charge < -0.3 is 4.74 Å². The number of nitrogens with zero attached hydrogens (tertiary/aromatic N) is 1. The van der Waals surface area contributed by atoms with Gasteiger partial charge in [-0.2, -0.15) is 18.4 Å². The fourth-order valence-corrected chi connectivity index (χ4v) is 1.94. The number of nitriles is 1. The van der Waals surface area contributed by atoms with E-state index < -0.39 is 5.51 Å². The van der Waals surface area contributed by atoms with E-state index in [1.807, 2.05) is 6.07 Å². The van der Waals surface area contributed by atoms with Crippen molar-refractivity contribution in [2.45, 2.75) is 19.4 Å². The molecule has 18 heavy (non-hydrogen) atoms. The molecule has 2 nitrogen and oxygen atoms in total. The lowest BCUT2D eigenvalue weighted by Crippen LogP contribution is -2.08. The molecule has 1 aromatic carbocycles. The molecular formula is C12H12F3NOS. The van der Waals surface area contributed by atoms with Gasteiger partial charge in [0, 0.05) is 5.75 Å². The fourth-order valence-electron chi connectivity index (χ4n) is 1.54. The average molecular weight is 275 g/mol. The van der Waals surface area contributed by atoms with Gasteiger partial charge in [-0.15, -0.1) is 0 Å². The molecule has 0 unspecified atom stereocenters. The maximum atomic E-state index is 11.9. The summed E-state index contributed by atoms with van der Waals surface area (Å²) in [5.41, 5.74) is -2.20. The summed E-state index contributed by atoms with van der Waals surface area (Å²) < 4.78 is 41.1. The molecule has 0 atom stereocenters. The maximum Gasteiger partial charge on any atom is 0.441 e. The predicted octanol–water partition coefficient (Wildman–Crippen LogP) is 3.81. The molecular weight excluding hydrogens is 263 g/mol. The van der Waals surface area contributed by atoms with Crippen LogP contribution in [0.2, 0.25) is 0 Å². The molecule has 0 aromatic heterocycles. The zero-order valence-corrected chi connectivity index (χ0v) is 10.8. The molecule has 0 heterocycles. The second kappa shape index (κ2) is 6.01. The minimum absolute atomic E-state index is 0.0161. The first kappa shape index (κ1) is 14.7. The first-order valence-corrected chi connectivity index (χ1v) is 6.17. The first-order valence-electron chi connectivity index (χ1n) is 5.18. The number of ether oxygens (including phenoxy) is 1. The summed E-state index contributed by atoms with van der Waals surface area (Å²) in [5.74, 6) is 0.402. The molecule has 6 heteroatoms. The third kappa shape index (κ3) is 4.49. The van der Waals surface area contributed by atoms with Crippen LogP contribution in [0.5, 0.6) is 5.75 Å². The highest BCUT2D eigenvalue weighted by Crippen LogP contribution is 2.30. The first-order chi connectivity index (χ1) is 8.33. The van der Waals surface area contributed by atoms with Crippen LogP contribution in [0.3, 0.4) is 0 Å². The highest BCUT2D eigenvalue weighted by molar-refractivity contribution is 8.00. The van der Waals surface area contributed by atoms with E-state index in [0.717, 1.165) is 11.1 Å². The molecule has 0 aliphatic heterocycles. The molecule has 1 rings (SSSR count). The van der Waals surface area contributed by atoms with E-state index >= 15 is 0 Å². The van der Waals surface area contributed by atoms with Crippen molar-refractivity contribution < 1.29 is 17.9 Å². The maximum absolute atomic E-state index is 11.9. The lowest BCUT2D eigenvalue weighted by molar-refractivity contribution is -0.0329. The molecule has 0 spiro atoms. The zero-order valence-electron chi connectivity index (χ0n) is 9.97. The molecule has 0 amide bonds. The van der Waals surface area contributed by atoms with Crippen LogP contribution in [-0.4, -0.2) is 17.9 Å². The van der Waals surface area contributed by atoms with Gasteiger partial charge in [0.05, 0.1) is 18.2 Å². The summed E-state index contributed by atoms with van der Waals surface area (Å²) in [5, 5.41) is 8.76. The SMILES string of the molecule is Cc1cc(C#N)cc(C)c1OCCSC(F)(F)F. The second-order valence-corrected chi connectivity index (χ2v) is 4.85. The Kier molecular flexibility index (Phi) is 4.91. The van der Waals surface area contributed by atoms with E-state index in [0.29, 0.717) is 11.3 Å². The monoisotopic (exact) mass is 275 g/mol. The van der Waals surface area contributed by atoms with Gasteiger partial charge in [-0.1, -0.05) is 0 Å². The standard InChI is InChI=1S/C12H12F3NOS/c1-8-5-10(7-16)6-9(2)11(8)17-3-4-18-12(13,14)15/h5-6H,3-4H2,1-2H3. The summed E-state index contributed by atoms with van der Waals surface area (Å²) >= 11 is -0.105. The number of halogens is 3. The van der Waals surface area contributed by atoms with Crippen LogP contribution in [0.1, 0.15) is 16.7 Å². The quantitative estimate of drug-likeness (QED) is 0.783. The highest BCUT2D eigenvalue weighted by Gasteiger charge is 2.27. The van der Waals surface area contributed by atoms with Crippen LogP contribution in [-0.2, 0) is 0 Å². The number of hydrogen-bond donors (Lipinski definition) is 0. The van der Waals surface area contributed by atoms with Crippen molar-refractivity contribution in [1.29, 1.82) is 5.26 Å². The number of alkyl halides is 3. The van der Waals surface area contributed by atoms with Gasteiger partial charge in [-0.05, 0) is 48.9 Å². The van der Waals surface area contributed by atoms with Crippen LogP contribution in [0.4, 0.5) is 13.2 Å². The zero-order chi connectivity index (χ0) is 13.8. The largest absolute Gasteiger partial charge is 0.492 e. The lowest BCUT2D eigenvalue weighted by Gasteiger charge is -2.12. The van der Waals surface area contributed by atoms with Gasteiger partial charge in [0.25, 0.3) is 0 Å². The van der Waals surface area contributed by atoms with Crippen LogP contribution < -0.4 is 4.74 Å². The smallest absolute Gasteiger partial charge is 0.441 e. The minimum Gasteiger partial charge on any atom is -0.492 e. The minimum atomic E-state index is -4.22. The fraction of sp³-hybridized carbons (Fsp3) is 0.417. The van der Waals surface area contributed by atoms with Crippen LogP contribution >= 0.6 is 11.8 Å². The third-order valence-electron chi connectivity index (χ3n) is 2.18. The molecule has 0 radical (unpaired) electrons. The molecule has 0 N–H and O–H groups in total. The summed E-state index contributed by atoms with van der Waals surface area (Å²) in [6.07, 6.45) is 0.